The smallest absolute Gasteiger partial charge is 0.246 e. The third kappa shape index (κ3) is 4.39. The average molecular weight is 334 g/mol. The molecule has 6 nitrogen and oxygen atoms in total. The van der Waals surface area contributed by atoms with Crippen LogP contribution in [0.2, 0.25) is 0 Å². The van der Waals surface area contributed by atoms with Gasteiger partial charge in [-0.1, -0.05) is 0 Å². The summed E-state index contributed by atoms with van der Waals surface area (Å²) < 4.78 is 0. The summed E-state index contributed by atoms with van der Waals surface area (Å²) in [5, 5.41) is 4.95. The van der Waals surface area contributed by atoms with Gasteiger partial charge in [0.2, 0.25) is 11.8 Å². The maximum Gasteiger partial charge on any atom is 0.246 e. The lowest BCUT2D eigenvalue weighted by Gasteiger charge is -2.37. The lowest BCUT2D eigenvalue weighted by molar-refractivity contribution is -0.130. The van der Waals surface area contributed by atoms with Gasteiger partial charge < -0.3 is 10.2 Å². The van der Waals surface area contributed by atoms with Gasteiger partial charge >= 0.3 is 0 Å². The maximum atomic E-state index is 12.2. The van der Waals surface area contributed by atoms with Crippen LogP contribution in [0, 0.1) is 0 Å². The van der Waals surface area contributed by atoms with Gasteiger partial charge in [-0.05, 0) is 25.8 Å². The van der Waals surface area contributed by atoms with Gasteiger partial charge in [-0.15, -0.1) is 11.3 Å². The predicted molar refractivity (Wildman–Crippen MR) is 89.9 cm³/mol. The fraction of sp³-hybridized carbons (Fsp3) is 0.562. The molecule has 2 aliphatic rings. The molecule has 1 saturated carbocycles. The SMILES string of the molecule is C[C@@H](C(=O)NC1CC1)N1CCN(C(=O)/C=C\c2cscn2)CC1. The van der Waals surface area contributed by atoms with Gasteiger partial charge in [0.05, 0.1) is 17.2 Å². The van der Waals surface area contributed by atoms with Crippen molar-refractivity contribution in [2.45, 2.75) is 31.8 Å². The van der Waals surface area contributed by atoms with E-state index in [1.54, 1.807) is 17.7 Å². The fourth-order valence-corrected chi connectivity index (χ4v) is 3.13. The molecule has 0 bridgehead atoms. The van der Waals surface area contributed by atoms with E-state index in [-0.39, 0.29) is 17.9 Å². The van der Waals surface area contributed by atoms with Crippen LogP contribution in [0.25, 0.3) is 6.08 Å². The summed E-state index contributed by atoms with van der Waals surface area (Å²) in [4.78, 5) is 32.4. The first-order valence-electron chi connectivity index (χ1n) is 8.03. The second-order valence-corrected chi connectivity index (χ2v) is 6.79. The van der Waals surface area contributed by atoms with Gasteiger partial charge in [-0.2, -0.15) is 0 Å². The summed E-state index contributed by atoms with van der Waals surface area (Å²) in [7, 11) is 0. The Balaban J connectivity index is 1.45. The number of nitrogens with zero attached hydrogens (tertiary/aromatic N) is 3. The Morgan fingerprint density at radius 1 is 1.35 bits per heavy atom. The van der Waals surface area contributed by atoms with Crippen LogP contribution in [0.5, 0.6) is 0 Å². The number of piperazine rings is 1. The molecular weight excluding hydrogens is 312 g/mol. The lowest BCUT2D eigenvalue weighted by Crippen LogP contribution is -2.55. The van der Waals surface area contributed by atoms with E-state index in [0.29, 0.717) is 19.1 Å². The first-order valence-corrected chi connectivity index (χ1v) is 8.97. The number of aromatic nitrogens is 1. The zero-order valence-corrected chi connectivity index (χ0v) is 14.1. The largest absolute Gasteiger partial charge is 0.352 e. The van der Waals surface area contributed by atoms with Crippen molar-refractivity contribution < 1.29 is 9.59 Å². The summed E-state index contributed by atoms with van der Waals surface area (Å²) >= 11 is 1.51. The van der Waals surface area contributed by atoms with Crippen LogP contribution in [0.1, 0.15) is 25.5 Å². The third-order valence-electron chi connectivity index (χ3n) is 4.32. The average Bonchev–Trinajstić information content (AvgIpc) is 3.23. The number of rotatable bonds is 5. The zero-order valence-electron chi connectivity index (χ0n) is 13.3. The summed E-state index contributed by atoms with van der Waals surface area (Å²) in [6.45, 7) is 4.71. The highest BCUT2D eigenvalue weighted by Gasteiger charge is 2.30. The van der Waals surface area contributed by atoms with Crippen LogP contribution in [0.3, 0.4) is 0 Å². The second kappa shape index (κ2) is 7.23. The topological polar surface area (TPSA) is 65.5 Å². The van der Waals surface area contributed by atoms with Crippen molar-refractivity contribution in [3.05, 3.63) is 22.7 Å². The Morgan fingerprint density at radius 3 is 2.70 bits per heavy atom. The van der Waals surface area contributed by atoms with E-state index in [2.05, 4.69) is 15.2 Å². The van der Waals surface area contributed by atoms with E-state index in [0.717, 1.165) is 31.6 Å². The van der Waals surface area contributed by atoms with Crippen molar-refractivity contribution in [3.63, 3.8) is 0 Å². The second-order valence-electron chi connectivity index (χ2n) is 6.07. The molecule has 1 aliphatic carbocycles. The molecule has 1 atom stereocenters. The normalized spacial score (nSPS) is 20.7. The van der Waals surface area contributed by atoms with Crippen LogP contribution in [-0.2, 0) is 9.59 Å². The Morgan fingerprint density at radius 2 is 2.09 bits per heavy atom. The van der Waals surface area contributed by atoms with E-state index in [9.17, 15) is 9.59 Å². The molecule has 1 saturated heterocycles. The molecule has 0 unspecified atom stereocenters. The zero-order chi connectivity index (χ0) is 16.2. The molecule has 2 heterocycles. The summed E-state index contributed by atoms with van der Waals surface area (Å²) in [5.74, 6) is 0.114. The van der Waals surface area contributed by atoms with Gasteiger partial charge in [-0.3, -0.25) is 14.5 Å². The predicted octanol–water partition coefficient (Wildman–Crippen LogP) is 0.968. The van der Waals surface area contributed by atoms with Gasteiger partial charge in [0, 0.05) is 43.7 Å². The number of hydrogen-bond acceptors (Lipinski definition) is 5. The number of carbonyl (C=O) groups is 2. The van der Waals surface area contributed by atoms with Crippen LogP contribution >= 0.6 is 11.3 Å². The summed E-state index contributed by atoms with van der Waals surface area (Å²) in [6, 6.07) is 0.266. The van der Waals surface area contributed by atoms with Crippen molar-refractivity contribution in [3.8, 4) is 0 Å². The number of hydrogen-bond donors (Lipinski definition) is 1. The van der Waals surface area contributed by atoms with Crippen LogP contribution < -0.4 is 5.32 Å². The first-order chi connectivity index (χ1) is 11.1. The van der Waals surface area contributed by atoms with E-state index >= 15 is 0 Å². The van der Waals surface area contributed by atoms with Crippen molar-refractivity contribution in [1.82, 2.24) is 20.1 Å². The van der Waals surface area contributed by atoms with Gasteiger partial charge in [0.15, 0.2) is 0 Å². The van der Waals surface area contributed by atoms with Gasteiger partial charge in [0.1, 0.15) is 0 Å². The Labute approximate surface area is 140 Å². The van der Waals surface area contributed by atoms with Crippen molar-refractivity contribution >= 4 is 29.2 Å². The maximum absolute atomic E-state index is 12.2. The molecule has 1 aromatic heterocycles. The first kappa shape index (κ1) is 16.1. The van der Waals surface area contributed by atoms with E-state index in [4.69, 9.17) is 0 Å². The Kier molecular flexibility index (Phi) is 5.07. The quantitative estimate of drug-likeness (QED) is 0.815. The minimum Gasteiger partial charge on any atom is -0.352 e. The number of amides is 2. The molecule has 2 amide bonds. The molecule has 0 aromatic carbocycles. The third-order valence-corrected chi connectivity index (χ3v) is 4.93. The Bertz CT molecular complexity index is 575. The molecule has 1 aromatic rings. The minimum atomic E-state index is -0.126. The van der Waals surface area contributed by atoms with Crippen molar-refractivity contribution in [2.24, 2.45) is 0 Å². The van der Waals surface area contributed by atoms with Crippen LogP contribution in [0.4, 0.5) is 0 Å². The molecule has 124 valence electrons. The van der Waals surface area contributed by atoms with Gasteiger partial charge in [-0.25, -0.2) is 4.98 Å². The lowest BCUT2D eigenvalue weighted by atomic mass is 10.2. The molecule has 3 rings (SSSR count). The molecule has 1 N–H and O–H groups in total. The van der Waals surface area contributed by atoms with Crippen LogP contribution in [0.15, 0.2) is 17.0 Å². The van der Waals surface area contributed by atoms with Crippen molar-refractivity contribution in [1.29, 1.82) is 0 Å². The summed E-state index contributed by atoms with van der Waals surface area (Å²) in [5.41, 5.74) is 2.56. The highest BCUT2D eigenvalue weighted by Crippen LogP contribution is 2.19. The molecule has 1 aliphatic heterocycles. The van der Waals surface area contributed by atoms with E-state index in [1.165, 1.54) is 11.3 Å². The highest BCUT2D eigenvalue weighted by molar-refractivity contribution is 7.07. The molecule has 2 fully saturated rings. The molecule has 0 spiro atoms. The minimum absolute atomic E-state index is 0.00716. The Hall–Kier alpha value is -1.73. The molecule has 0 radical (unpaired) electrons. The van der Waals surface area contributed by atoms with E-state index < -0.39 is 0 Å². The number of carbonyl (C=O) groups excluding carboxylic acids is 2. The molecule has 23 heavy (non-hydrogen) atoms. The highest BCUT2D eigenvalue weighted by atomic mass is 32.1. The number of nitrogens with one attached hydrogen (secondary N) is 1. The molecule has 7 heteroatoms. The fourth-order valence-electron chi connectivity index (χ4n) is 2.61. The van der Waals surface area contributed by atoms with Gasteiger partial charge in [0.25, 0.3) is 0 Å². The summed E-state index contributed by atoms with van der Waals surface area (Å²) in [6.07, 6.45) is 5.53. The monoisotopic (exact) mass is 334 g/mol. The van der Waals surface area contributed by atoms with Crippen molar-refractivity contribution in [2.75, 3.05) is 26.2 Å². The van der Waals surface area contributed by atoms with E-state index in [1.807, 2.05) is 17.2 Å². The van der Waals surface area contributed by atoms with Crippen LogP contribution in [-0.4, -0.2) is 64.9 Å². The standard InChI is InChI=1S/C16H22N4O2S/c1-12(16(22)18-13-2-3-13)19-6-8-20(9-7-19)15(21)5-4-14-10-23-11-17-14/h4-5,10-13H,2-3,6-9H2,1H3,(H,18,22)/b5-4-/t12-/m0/s1. The number of thiazole rings is 1. The molecular formula is C16H22N4O2S.